The van der Waals surface area contributed by atoms with E-state index in [1.807, 2.05) is 6.92 Å². The Morgan fingerprint density at radius 3 is 2.48 bits per heavy atom. The molecule has 1 aromatic rings. The lowest BCUT2D eigenvalue weighted by atomic mass is 10.1. The van der Waals surface area contributed by atoms with Crippen molar-refractivity contribution < 1.29 is 21.6 Å². The molecule has 0 spiro atoms. The lowest BCUT2D eigenvalue weighted by Gasteiger charge is -2.18. The fourth-order valence-electron chi connectivity index (χ4n) is 1.93. The van der Waals surface area contributed by atoms with Crippen LogP contribution in [0.3, 0.4) is 0 Å². The molecule has 0 heterocycles. The van der Waals surface area contributed by atoms with Crippen LogP contribution in [0.1, 0.15) is 24.5 Å². The van der Waals surface area contributed by atoms with E-state index >= 15 is 0 Å². The number of nitrogens with one attached hydrogen (secondary N) is 2. The summed E-state index contributed by atoms with van der Waals surface area (Å²) in [6.45, 7) is 1.98. The van der Waals surface area contributed by atoms with E-state index in [0.717, 1.165) is 12.1 Å². The number of hydrogen-bond acceptors (Lipinski definition) is 3. The van der Waals surface area contributed by atoms with Gasteiger partial charge >= 0.3 is 6.18 Å². The number of hydrogen-bond donors (Lipinski definition) is 2. The fourth-order valence-corrected chi connectivity index (χ4v) is 2.72. The number of rotatable bonds is 6. The number of guanidine groups is 1. The van der Waals surface area contributed by atoms with Gasteiger partial charge in [0.2, 0.25) is 0 Å². The van der Waals surface area contributed by atoms with E-state index in [0.29, 0.717) is 17.9 Å². The minimum atomic E-state index is -4.38. The molecule has 1 unspecified atom stereocenters. The zero-order valence-corrected chi connectivity index (χ0v) is 17.4. The first-order chi connectivity index (χ1) is 11.0. The molecule has 0 aliphatic heterocycles. The van der Waals surface area contributed by atoms with Crippen LogP contribution in [0.4, 0.5) is 13.2 Å². The van der Waals surface area contributed by atoms with Gasteiger partial charge in [-0.2, -0.15) is 13.2 Å². The summed E-state index contributed by atoms with van der Waals surface area (Å²) in [4.78, 5) is 3.98. The highest BCUT2D eigenvalue weighted by Crippen LogP contribution is 2.29. The van der Waals surface area contributed by atoms with Crippen molar-refractivity contribution in [1.29, 1.82) is 0 Å². The molecule has 0 amide bonds. The number of alkyl halides is 3. The molecule has 1 rings (SSSR count). The molecule has 0 fully saturated rings. The van der Waals surface area contributed by atoms with Crippen LogP contribution >= 0.6 is 24.0 Å². The Hall–Kier alpha value is -1.04. The molecule has 0 saturated heterocycles. The first-order valence-electron chi connectivity index (χ1n) is 7.32. The van der Waals surface area contributed by atoms with Crippen molar-refractivity contribution in [3.05, 3.63) is 35.4 Å². The average molecular weight is 493 g/mol. The van der Waals surface area contributed by atoms with Crippen LogP contribution in [0.2, 0.25) is 0 Å². The highest BCUT2D eigenvalue weighted by atomic mass is 127. The number of aliphatic imine (C=N–C) groups is 1. The van der Waals surface area contributed by atoms with Crippen LogP contribution in [-0.2, 0) is 22.6 Å². The van der Waals surface area contributed by atoms with Crippen molar-refractivity contribution in [2.45, 2.75) is 32.1 Å². The zero-order valence-electron chi connectivity index (χ0n) is 14.2. The minimum Gasteiger partial charge on any atom is -0.354 e. The van der Waals surface area contributed by atoms with Gasteiger partial charge in [0.15, 0.2) is 5.96 Å². The average Bonchev–Trinajstić information content (AvgIpc) is 2.48. The summed E-state index contributed by atoms with van der Waals surface area (Å²) < 4.78 is 60.3. The summed E-state index contributed by atoms with van der Waals surface area (Å²) >= 11 is 0. The number of halogens is 4. The molecule has 0 aliphatic rings. The second kappa shape index (κ2) is 10.2. The SMILES string of the molecule is CN=C(NCc1cccc(C(F)(F)F)c1)NC(C)CCS(C)(=O)=O.I. The molecular formula is C15H23F3IN3O2S. The maximum Gasteiger partial charge on any atom is 0.416 e. The topological polar surface area (TPSA) is 70.6 Å². The minimum absolute atomic E-state index is 0. The molecular weight excluding hydrogens is 470 g/mol. The van der Waals surface area contributed by atoms with Crippen LogP contribution in [0.25, 0.3) is 0 Å². The van der Waals surface area contributed by atoms with Gasteiger partial charge in [-0.1, -0.05) is 12.1 Å². The molecule has 5 nitrogen and oxygen atoms in total. The Balaban J connectivity index is 0.00000576. The van der Waals surface area contributed by atoms with Gasteiger partial charge < -0.3 is 10.6 Å². The number of nitrogens with zero attached hydrogens (tertiary/aromatic N) is 1. The van der Waals surface area contributed by atoms with E-state index < -0.39 is 21.6 Å². The molecule has 0 aliphatic carbocycles. The van der Waals surface area contributed by atoms with E-state index in [2.05, 4.69) is 15.6 Å². The van der Waals surface area contributed by atoms with Crippen molar-refractivity contribution in [3.8, 4) is 0 Å². The molecule has 144 valence electrons. The second-order valence-electron chi connectivity index (χ2n) is 5.59. The van der Waals surface area contributed by atoms with Crippen LogP contribution in [0.15, 0.2) is 29.3 Å². The third-order valence-corrected chi connectivity index (χ3v) is 4.22. The predicted octanol–water partition coefficient (Wildman–Crippen LogP) is 2.81. The second-order valence-corrected chi connectivity index (χ2v) is 7.85. The predicted molar refractivity (Wildman–Crippen MR) is 104 cm³/mol. The van der Waals surface area contributed by atoms with Crippen LogP contribution in [-0.4, -0.2) is 39.5 Å². The van der Waals surface area contributed by atoms with E-state index in [9.17, 15) is 21.6 Å². The number of benzene rings is 1. The summed E-state index contributed by atoms with van der Waals surface area (Å²) in [5.74, 6) is 0.444. The van der Waals surface area contributed by atoms with E-state index in [4.69, 9.17) is 0 Å². The molecule has 0 radical (unpaired) electrons. The van der Waals surface area contributed by atoms with E-state index in [1.54, 1.807) is 6.07 Å². The van der Waals surface area contributed by atoms with E-state index in [1.165, 1.54) is 19.4 Å². The van der Waals surface area contributed by atoms with Gasteiger partial charge in [0, 0.05) is 25.9 Å². The van der Waals surface area contributed by atoms with Crippen molar-refractivity contribution in [2.75, 3.05) is 19.1 Å². The van der Waals surface area contributed by atoms with Gasteiger partial charge in [0.05, 0.1) is 11.3 Å². The highest BCUT2D eigenvalue weighted by molar-refractivity contribution is 14.0. The molecule has 2 N–H and O–H groups in total. The third kappa shape index (κ3) is 9.88. The van der Waals surface area contributed by atoms with Gasteiger partial charge in [-0.25, -0.2) is 8.42 Å². The van der Waals surface area contributed by atoms with Gasteiger partial charge in [0.1, 0.15) is 9.84 Å². The van der Waals surface area contributed by atoms with Crippen LogP contribution in [0, 0.1) is 0 Å². The summed E-state index contributed by atoms with van der Waals surface area (Å²) in [7, 11) is -1.51. The quantitative estimate of drug-likeness (QED) is 0.364. The molecule has 0 bridgehead atoms. The lowest BCUT2D eigenvalue weighted by molar-refractivity contribution is -0.137. The van der Waals surface area contributed by atoms with Gasteiger partial charge in [-0.05, 0) is 31.0 Å². The molecule has 0 aromatic heterocycles. The Morgan fingerprint density at radius 1 is 1.32 bits per heavy atom. The molecule has 25 heavy (non-hydrogen) atoms. The Morgan fingerprint density at radius 2 is 1.96 bits per heavy atom. The largest absolute Gasteiger partial charge is 0.416 e. The van der Waals surface area contributed by atoms with Gasteiger partial charge in [0.25, 0.3) is 0 Å². The first kappa shape index (κ1) is 24.0. The number of sulfone groups is 1. The molecule has 0 saturated carbocycles. The fraction of sp³-hybridized carbons (Fsp3) is 0.533. The van der Waals surface area contributed by atoms with Crippen molar-refractivity contribution in [3.63, 3.8) is 0 Å². The van der Waals surface area contributed by atoms with Crippen LogP contribution in [0.5, 0.6) is 0 Å². The standard InChI is InChI=1S/C15H22F3N3O2S.HI/c1-11(7-8-24(3,22)23)21-14(19-2)20-10-12-5-4-6-13(9-12)15(16,17)18;/h4-6,9,11H,7-8,10H2,1-3H3,(H2,19,20,21);1H. The Kier molecular flexibility index (Phi) is 9.77. The molecule has 1 aromatic carbocycles. The smallest absolute Gasteiger partial charge is 0.354 e. The normalized spacial score (nSPS) is 13.8. The van der Waals surface area contributed by atoms with Gasteiger partial charge in [-0.3, -0.25) is 4.99 Å². The lowest BCUT2D eigenvalue weighted by Crippen LogP contribution is -2.42. The maximum absolute atomic E-state index is 12.7. The highest BCUT2D eigenvalue weighted by Gasteiger charge is 2.30. The van der Waals surface area contributed by atoms with Crippen molar-refractivity contribution >= 4 is 39.8 Å². The Labute approximate surface area is 163 Å². The summed E-state index contributed by atoms with van der Waals surface area (Å²) in [6, 6.07) is 4.89. The zero-order chi connectivity index (χ0) is 18.4. The first-order valence-corrected chi connectivity index (χ1v) is 9.38. The maximum atomic E-state index is 12.7. The van der Waals surface area contributed by atoms with Gasteiger partial charge in [-0.15, -0.1) is 24.0 Å². The third-order valence-electron chi connectivity index (χ3n) is 3.24. The van der Waals surface area contributed by atoms with Crippen LogP contribution < -0.4 is 10.6 Å². The summed E-state index contributed by atoms with van der Waals surface area (Å²) in [5, 5.41) is 5.92. The van der Waals surface area contributed by atoms with Crippen molar-refractivity contribution in [1.82, 2.24) is 10.6 Å². The molecule has 1 atom stereocenters. The molecule has 10 heteroatoms. The monoisotopic (exact) mass is 493 g/mol. The van der Waals surface area contributed by atoms with E-state index in [-0.39, 0.29) is 42.3 Å². The summed E-state index contributed by atoms with van der Waals surface area (Å²) in [6.07, 6.45) is -2.81. The Bertz CT molecular complexity index is 679. The van der Waals surface area contributed by atoms with Crippen molar-refractivity contribution in [2.24, 2.45) is 4.99 Å². The summed E-state index contributed by atoms with van der Waals surface area (Å²) in [5.41, 5.74) is -0.233.